The minimum absolute atomic E-state index is 0.0811. The lowest BCUT2D eigenvalue weighted by Crippen LogP contribution is -1.93. The maximum atomic E-state index is 9.75. The van der Waals surface area contributed by atoms with Gasteiger partial charge in [-0.3, -0.25) is 0 Å². The third kappa shape index (κ3) is 4.02. The molecule has 0 atom stereocenters. The molecule has 0 bridgehead atoms. The molecule has 0 spiro atoms. The van der Waals surface area contributed by atoms with Gasteiger partial charge >= 0.3 is 0 Å². The summed E-state index contributed by atoms with van der Waals surface area (Å²) in [5.74, 6) is 0. The number of para-hydroxylation sites is 1. The Morgan fingerprint density at radius 1 is 0.378 bits per heavy atom. The summed E-state index contributed by atoms with van der Waals surface area (Å²) in [4.78, 5) is 0. The molecule has 210 valence electrons. The lowest BCUT2D eigenvalue weighted by Gasteiger charge is -2.20. The molecule has 0 amide bonds. The van der Waals surface area contributed by atoms with Gasteiger partial charge < -0.3 is 4.42 Å². The second kappa shape index (κ2) is 10.4. The van der Waals surface area contributed by atoms with Crippen molar-refractivity contribution >= 4 is 43.5 Å². The Labute approximate surface area is 275 Å². The van der Waals surface area contributed by atoms with Crippen LogP contribution in [-0.2, 0) is 0 Å². The monoisotopic (exact) mass is 582 g/mol. The Bertz CT molecular complexity index is 3030. The van der Waals surface area contributed by atoms with Gasteiger partial charge in [-0.2, -0.15) is 0 Å². The van der Waals surface area contributed by atoms with Crippen molar-refractivity contribution in [3.05, 3.63) is 170 Å². The Hall–Kier alpha value is -5.92. The highest BCUT2D eigenvalue weighted by atomic mass is 16.3. The van der Waals surface area contributed by atoms with Gasteiger partial charge in [0.2, 0.25) is 0 Å². The average molecular weight is 583 g/mol. The molecule has 1 heterocycles. The van der Waals surface area contributed by atoms with Crippen LogP contribution in [0.3, 0.4) is 0 Å². The maximum Gasteiger partial charge on any atom is 0.143 e. The molecule has 1 heteroatoms. The smallest absolute Gasteiger partial charge is 0.143 e. The van der Waals surface area contributed by atoms with Crippen LogP contribution in [0.25, 0.3) is 88.0 Å². The zero-order valence-electron chi connectivity index (χ0n) is 33.8. The average Bonchev–Trinajstić information content (AvgIpc) is 3.60. The predicted octanol–water partition coefficient (Wildman–Crippen LogP) is 12.6. The van der Waals surface area contributed by atoms with Gasteiger partial charge in [-0.05, 0) is 72.6 Å². The summed E-state index contributed by atoms with van der Waals surface area (Å²) in [6.45, 7) is 0. The molecule has 0 aliphatic heterocycles. The number of rotatable bonds is 4. The van der Waals surface area contributed by atoms with Crippen LogP contribution in [0.1, 0.15) is 13.7 Å². The van der Waals surface area contributed by atoms with Crippen LogP contribution in [0.2, 0.25) is 0 Å². The summed E-state index contributed by atoms with van der Waals surface area (Å²) in [6, 6.07) is 29.9. The highest BCUT2D eigenvalue weighted by Gasteiger charge is 2.22. The van der Waals surface area contributed by atoms with Gasteiger partial charge in [0.25, 0.3) is 0 Å². The van der Waals surface area contributed by atoms with E-state index in [4.69, 9.17) is 14.0 Å². The van der Waals surface area contributed by atoms with E-state index in [0.717, 1.165) is 0 Å². The first-order chi connectivity index (χ1) is 26.5. The van der Waals surface area contributed by atoms with Gasteiger partial charge in [0.05, 0.1) is 13.7 Å². The first-order valence-corrected chi connectivity index (χ1v) is 14.6. The zero-order chi connectivity index (χ0) is 38.4. The molecule has 0 N–H and O–H groups in total. The van der Waals surface area contributed by atoms with Crippen LogP contribution < -0.4 is 0 Å². The van der Waals surface area contributed by atoms with Gasteiger partial charge in [-0.15, -0.1) is 0 Å². The minimum atomic E-state index is -0.460. The molecule has 45 heavy (non-hydrogen) atoms. The topological polar surface area (TPSA) is 13.1 Å². The molecule has 8 aromatic carbocycles. The van der Waals surface area contributed by atoms with E-state index in [0.29, 0.717) is 54.9 Å². The molecule has 0 saturated carbocycles. The van der Waals surface area contributed by atoms with E-state index >= 15 is 0 Å². The van der Waals surface area contributed by atoms with Crippen molar-refractivity contribution in [2.24, 2.45) is 0 Å². The molecule has 0 radical (unpaired) electrons. The summed E-state index contributed by atoms with van der Waals surface area (Å²) < 4.78 is 96.5. The van der Waals surface area contributed by atoms with Gasteiger partial charge in [-0.25, -0.2) is 0 Å². The summed E-state index contributed by atoms with van der Waals surface area (Å²) in [6.07, 6.45) is 0. The van der Waals surface area contributed by atoms with E-state index in [9.17, 15) is 4.11 Å². The molecule has 0 fully saturated rings. The Balaban J connectivity index is 1.53. The molecule has 9 rings (SSSR count). The van der Waals surface area contributed by atoms with Crippen LogP contribution >= 0.6 is 0 Å². The largest absolute Gasteiger partial charge is 0.455 e. The fourth-order valence-electron chi connectivity index (χ4n) is 6.46. The molecule has 0 aliphatic carbocycles. The number of benzene rings is 8. The van der Waals surface area contributed by atoms with Gasteiger partial charge in [0.1, 0.15) is 11.2 Å². The molecule has 9 aromatic rings. The Kier molecular flexibility index (Phi) is 4.01. The molecule has 0 saturated heterocycles. The van der Waals surface area contributed by atoms with Gasteiger partial charge in [-0.1, -0.05) is 158 Å². The molecular formula is C44H28O. The van der Waals surface area contributed by atoms with Crippen molar-refractivity contribution in [1.82, 2.24) is 0 Å². The van der Waals surface area contributed by atoms with Crippen LogP contribution in [0.5, 0.6) is 0 Å². The fourth-order valence-corrected chi connectivity index (χ4v) is 6.46. The predicted molar refractivity (Wildman–Crippen MR) is 190 cm³/mol. The highest BCUT2D eigenvalue weighted by molar-refractivity contribution is 6.27. The standard InChI is InChI=1S/C44H28O/c1-3-15-29(16-4-1)31-19-7-8-20-33(31)41-34-21-9-11-23-36(34)42(37-24-12-10-22-35(37)41)39-28-27-32(30-17-5-2-6-18-30)44-43(39)38-25-13-14-26-40(38)45-44/h1-28H/i7D,8D,13D,14D,19D,20D,25D,26D,27D,28D. The van der Waals surface area contributed by atoms with Crippen molar-refractivity contribution in [3.8, 4) is 44.5 Å². The number of hydrogen-bond donors (Lipinski definition) is 0. The molecule has 0 unspecified atom stereocenters. The van der Waals surface area contributed by atoms with E-state index < -0.39 is 12.1 Å². The van der Waals surface area contributed by atoms with Crippen molar-refractivity contribution < 1.29 is 18.1 Å². The van der Waals surface area contributed by atoms with Gasteiger partial charge in [0.15, 0.2) is 0 Å². The van der Waals surface area contributed by atoms with Gasteiger partial charge in [0, 0.05) is 16.3 Å². The quantitative estimate of drug-likeness (QED) is 0.188. The van der Waals surface area contributed by atoms with E-state index in [1.165, 1.54) is 0 Å². The van der Waals surface area contributed by atoms with Crippen molar-refractivity contribution in [2.45, 2.75) is 0 Å². The van der Waals surface area contributed by atoms with Crippen LogP contribution in [0.15, 0.2) is 174 Å². The van der Waals surface area contributed by atoms with Crippen molar-refractivity contribution in [1.29, 1.82) is 0 Å². The van der Waals surface area contributed by atoms with Crippen LogP contribution in [0.4, 0.5) is 0 Å². The summed E-state index contributed by atoms with van der Waals surface area (Å²) in [7, 11) is 0. The van der Waals surface area contributed by atoms with E-state index in [1.807, 2.05) is 84.9 Å². The number of fused-ring (bicyclic) bond motifs is 5. The van der Waals surface area contributed by atoms with Crippen LogP contribution in [0, 0.1) is 0 Å². The lowest BCUT2D eigenvalue weighted by atomic mass is 9.83. The third-order valence-electron chi connectivity index (χ3n) is 8.37. The fraction of sp³-hybridized carbons (Fsp3) is 0. The molecule has 1 aromatic heterocycles. The molecular weight excluding hydrogens is 544 g/mol. The second-order valence-electron chi connectivity index (χ2n) is 10.8. The first kappa shape index (κ1) is 17.4. The molecule has 0 aliphatic rings. The Morgan fingerprint density at radius 2 is 0.844 bits per heavy atom. The number of hydrogen-bond acceptors (Lipinski definition) is 1. The van der Waals surface area contributed by atoms with Crippen molar-refractivity contribution in [3.63, 3.8) is 0 Å². The zero-order valence-corrected chi connectivity index (χ0v) is 23.8. The summed E-state index contributed by atoms with van der Waals surface area (Å²) >= 11 is 0. The first-order valence-electron chi connectivity index (χ1n) is 19.6. The summed E-state index contributed by atoms with van der Waals surface area (Å²) in [5, 5.41) is 2.84. The van der Waals surface area contributed by atoms with E-state index in [-0.39, 0.29) is 81.4 Å². The van der Waals surface area contributed by atoms with E-state index in [2.05, 4.69) is 0 Å². The van der Waals surface area contributed by atoms with Crippen molar-refractivity contribution in [2.75, 3.05) is 0 Å². The number of furan rings is 1. The SMILES string of the molecule is [2H]c1c([2H])c([2H])c(-c2c3ccccc3c(-c3c([2H])c([2H])c(-c4ccccc4)c4oc5c([2H])c([2H])c([2H])c([2H])c5c34)c3ccccc23)c(-c2ccccc2)c1[2H]. The Morgan fingerprint density at radius 3 is 1.47 bits per heavy atom. The highest BCUT2D eigenvalue weighted by Crippen LogP contribution is 2.49. The van der Waals surface area contributed by atoms with Crippen LogP contribution in [-0.4, -0.2) is 0 Å². The second-order valence-corrected chi connectivity index (χ2v) is 10.8. The normalized spacial score (nSPS) is 14.7. The minimum Gasteiger partial charge on any atom is -0.455 e. The molecule has 1 nitrogen and oxygen atoms in total. The third-order valence-corrected chi connectivity index (χ3v) is 8.37. The summed E-state index contributed by atoms with van der Waals surface area (Å²) in [5.41, 5.74) is 3.56. The lowest BCUT2D eigenvalue weighted by molar-refractivity contribution is 0.670. The maximum absolute atomic E-state index is 9.75. The van der Waals surface area contributed by atoms with E-state index in [1.54, 1.807) is 24.3 Å².